The molecule has 0 aromatic carbocycles. The van der Waals surface area contributed by atoms with Gasteiger partial charge in [0.2, 0.25) is 0 Å². The van der Waals surface area contributed by atoms with Crippen molar-refractivity contribution in [1.29, 1.82) is 0 Å². The van der Waals surface area contributed by atoms with Crippen LogP contribution in [0.2, 0.25) is 0 Å². The minimum Gasteiger partial charge on any atom is -0.371 e. The van der Waals surface area contributed by atoms with Crippen LogP contribution in [-0.2, 0) is 0 Å². The van der Waals surface area contributed by atoms with Gasteiger partial charge >= 0.3 is 0 Å². The number of nitrogens with one attached hydrogen (secondary N) is 2. The van der Waals surface area contributed by atoms with E-state index in [9.17, 15) is 4.79 Å². The number of aromatic nitrogens is 2. The third-order valence-electron chi connectivity index (χ3n) is 1.78. The molecule has 2 N–H and O–H groups in total. The Bertz CT molecular complexity index is 295. The molecule has 0 bridgehead atoms. The van der Waals surface area contributed by atoms with Crippen LogP contribution in [0.1, 0.15) is 26.2 Å². The molecule has 72 valence electrons. The molecule has 0 atom stereocenters. The lowest BCUT2D eigenvalue weighted by molar-refractivity contribution is 0.742. The predicted molar refractivity (Wildman–Crippen MR) is 52.9 cm³/mol. The molecule has 1 aromatic heterocycles. The van der Waals surface area contributed by atoms with Gasteiger partial charge in [-0.3, -0.25) is 4.79 Å². The molecule has 0 amide bonds. The number of nitrogens with zero attached hydrogens (tertiary/aromatic N) is 1. The first kappa shape index (κ1) is 9.77. The van der Waals surface area contributed by atoms with Crippen LogP contribution in [-0.4, -0.2) is 16.5 Å². The van der Waals surface area contributed by atoms with E-state index in [0.717, 1.165) is 18.8 Å². The zero-order chi connectivity index (χ0) is 9.52. The Hall–Kier alpha value is -1.32. The lowest BCUT2D eigenvalue weighted by Gasteiger charge is -2.03. The smallest absolute Gasteiger partial charge is 0.274 e. The summed E-state index contributed by atoms with van der Waals surface area (Å²) in [5, 5.41) is 3.12. The highest BCUT2D eigenvalue weighted by molar-refractivity contribution is 5.31. The van der Waals surface area contributed by atoms with E-state index in [0.29, 0.717) is 0 Å². The van der Waals surface area contributed by atoms with Crippen LogP contribution in [0.25, 0.3) is 0 Å². The Morgan fingerprint density at radius 1 is 1.54 bits per heavy atom. The van der Waals surface area contributed by atoms with E-state index in [1.54, 1.807) is 0 Å². The summed E-state index contributed by atoms with van der Waals surface area (Å²) in [4.78, 5) is 17.2. The average Bonchev–Trinajstić information content (AvgIpc) is 2.13. The zero-order valence-corrected chi connectivity index (χ0v) is 7.84. The summed E-state index contributed by atoms with van der Waals surface area (Å²) < 4.78 is 0. The van der Waals surface area contributed by atoms with Crippen LogP contribution in [0.15, 0.2) is 17.2 Å². The summed E-state index contributed by atoms with van der Waals surface area (Å²) in [7, 11) is 0. The highest BCUT2D eigenvalue weighted by atomic mass is 16.1. The molecule has 0 aliphatic heterocycles. The highest BCUT2D eigenvalue weighted by Crippen LogP contribution is 1.97. The van der Waals surface area contributed by atoms with Crippen LogP contribution < -0.4 is 10.9 Å². The van der Waals surface area contributed by atoms with Gasteiger partial charge in [0.1, 0.15) is 5.82 Å². The standard InChI is InChI=1S/C9H15N3O/c1-2-3-4-5-10-8-6-9(13)12-7-11-8/h6-7H,2-5H2,1H3,(H2,10,11,12,13). The van der Waals surface area contributed by atoms with Crippen molar-refractivity contribution < 1.29 is 0 Å². The fraction of sp³-hybridized carbons (Fsp3) is 0.556. The number of hydrogen-bond donors (Lipinski definition) is 2. The lowest BCUT2D eigenvalue weighted by atomic mass is 10.2. The van der Waals surface area contributed by atoms with Gasteiger partial charge < -0.3 is 10.3 Å². The number of unbranched alkanes of at least 4 members (excludes halogenated alkanes) is 2. The van der Waals surface area contributed by atoms with Gasteiger partial charge in [0, 0.05) is 12.6 Å². The van der Waals surface area contributed by atoms with Gasteiger partial charge in [-0.2, -0.15) is 4.98 Å². The van der Waals surface area contributed by atoms with Crippen LogP contribution in [0.4, 0.5) is 5.82 Å². The minimum atomic E-state index is -0.211. The second-order valence-corrected chi connectivity index (χ2v) is 2.93. The molecule has 4 nitrogen and oxygen atoms in total. The SMILES string of the molecule is CCCCCNc1cc(=O)nc[nH]1. The quantitative estimate of drug-likeness (QED) is 0.674. The molecule has 1 aromatic rings. The Balaban J connectivity index is 2.33. The monoisotopic (exact) mass is 181 g/mol. The van der Waals surface area contributed by atoms with Gasteiger partial charge in [-0.15, -0.1) is 0 Å². The molecular formula is C9H15N3O. The summed E-state index contributed by atoms with van der Waals surface area (Å²) in [6.45, 7) is 3.06. The third-order valence-corrected chi connectivity index (χ3v) is 1.78. The molecule has 1 rings (SSSR count). The van der Waals surface area contributed by atoms with Crippen molar-refractivity contribution in [2.24, 2.45) is 0 Å². The van der Waals surface area contributed by atoms with E-state index in [-0.39, 0.29) is 5.56 Å². The molecular weight excluding hydrogens is 166 g/mol. The maximum absolute atomic E-state index is 10.8. The van der Waals surface area contributed by atoms with Crippen molar-refractivity contribution in [3.8, 4) is 0 Å². The minimum absolute atomic E-state index is 0.211. The maximum atomic E-state index is 10.8. The number of aromatic amines is 1. The van der Waals surface area contributed by atoms with Gasteiger partial charge in [0.25, 0.3) is 5.56 Å². The largest absolute Gasteiger partial charge is 0.371 e. The summed E-state index contributed by atoms with van der Waals surface area (Å²) in [6.07, 6.45) is 4.95. The number of anilines is 1. The van der Waals surface area contributed by atoms with E-state index >= 15 is 0 Å². The first-order valence-electron chi connectivity index (χ1n) is 4.61. The molecule has 0 aliphatic carbocycles. The Morgan fingerprint density at radius 2 is 2.38 bits per heavy atom. The summed E-state index contributed by atoms with van der Waals surface area (Å²) in [5.74, 6) is 0.746. The first-order chi connectivity index (χ1) is 6.33. The van der Waals surface area contributed by atoms with Crippen LogP contribution in [0.3, 0.4) is 0 Å². The molecule has 1 heterocycles. The zero-order valence-electron chi connectivity index (χ0n) is 7.84. The Kier molecular flexibility index (Phi) is 4.02. The fourth-order valence-electron chi connectivity index (χ4n) is 1.07. The number of H-pyrrole nitrogens is 1. The fourth-order valence-corrected chi connectivity index (χ4v) is 1.07. The molecule has 4 heteroatoms. The number of rotatable bonds is 5. The van der Waals surface area contributed by atoms with Crippen molar-refractivity contribution in [3.05, 3.63) is 22.7 Å². The predicted octanol–water partition coefficient (Wildman–Crippen LogP) is 1.37. The molecule has 0 radical (unpaired) electrons. The van der Waals surface area contributed by atoms with Gasteiger partial charge in [0.15, 0.2) is 0 Å². The van der Waals surface area contributed by atoms with Crippen LogP contribution in [0, 0.1) is 0 Å². The average molecular weight is 181 g/mol. The Labute approximate surface area is 77.4 Å². The van der Waals surface area contributed by atoms with E-state index in [1.165, 1.54) is 25.2 Å². The molecule has 0 unspecified atom stereocenters. The molecule has 0 spiro atoms. The molecule has 0 saturated carbocycles. The molecule has 0 saturated heterocycles. The van der Waals surface area contributed by atoms with E-state index in [1.807, 2.05) is 0 Å². The van der Waals surface area contributed by atoms with Crippen molar-refractivity contribution in [2.75, 3.05) is 11.9 Å². The summed E-state index contributed by atoms with van der Waals surface area (Å²) >= 11 is 0. The first-order valence-corrected chi connectivity index (χ1v) is 4.61. The summed E-state index contributed by atoms with van der Waals surface area (Å²) in [5.41, 5.74) is -0.211. The van der Waals surface area contributed by atoms with Crippen molar-refractivity contribution in [2.45, 2.75) is 26.2 Å². The lowest BCUT2D eigenvalue weighted by Crippen LogP contribution is -2.09. The maximum Gasteiger partial charge on any atom is 0.274 e. The van der Waals surface area contributed by atoms with Crippen molar-refractivity contribution in [3.63, 3.8) is 0 Å². The van der Waals surface area contributed by atoms with Gasteiger partial charge in [-0.25, -0.2) is 0 Å². The number of hydrogen-bond acceptors (Lipinski definition) is 3. The van der Waals surface area contributed by atoms with Crippen molar-refractivity contribution in [1.82, 2.24) is 9.97 Å². The van der Waals surface area contributed by atoms with Gasteiger partial charge in [-0.05, 0) is 6.42 Å². The van der Waals surface area contributed by atoms with E-state index in [2.05, 4.69) is 22.2 Å². The van der Waals surface area contributed by atoms with Crippen molar-refractivity contribution >= 4 is 5.82 Å². The Morgan fingerprint density at radius 3 is 3.08 bits per heavy atom. The van der Waals surface area contributed by atoms with E-state index < -0.39 is 0 Å². The molecule has 0 aliphatic rings. The van der Waals surface area contributed by atoms with E-state index in [4.69, 9.17) is 0 Å². The highest BCUT2D eigenvalue weighted by Gasteiger charge is 1.91. The second-order valence-electron chi connectivity index (χ2n) is 2.93. The topological polar surface area (TPSA) is 57.8 Å². The molecule has 13 heavy (non-hydrogen) atoms. The van der Waals surface area contributed by atoms with Crippen LogP contribution in [0.5, 0.6) is 0 Å². The molecule has 0 fully saturated rings. The summed E-state index contributed by atoms with van der Waals surface area (Å²) in [6, 6.07) is 1.46. The van der Waals surface area contributed by atoms with Gasteiger partial charge in [-0.1, -0.05) is 19.8 Å². The second kappa shape index (κ2) is 5.35. The normalized spacial score (nSPS) is 9.92. The third kappa shape index (κ3) is 3.73. The van der Waals surface area contributed by atoms with Crippen LogP contribution >= 0.6 is 0 Å². The van der Waals surface area contributed by atoms with Gasteiger partial charge in [0.05, 0.1) is 6.33 Å².